The zero-order valence-electron chi connectivity index (χ0n) is 9.72. The van der Waals surface area contributed by atoms with Crippen molar-refractivity contribution < 1.29 is 1.43 Å². The first-order chi connectivity index (χ1) is 8.93. The van der Waals surface area contributed by atoms with Crippen molar-refractivity contribution in [3.63, 3.8) is 0 Å². The maximum atomic E-state index is 4.26. The molecule has 0 aliphatic heterocycles. The lowest BCUT2D eigenvalue weighted by Gasteiger charge is -1.92. The summed E-state index contributed by atoms with van der Waals surface area (Å²) in [6, 6.07) is 3.82. The van der Waals surface area contributed by atoms with Crippen LogP contribution in [0.25, 0.3) is 6.08 Å². The number of nitrogens with zero attached hydrogens (tertiary/aromatic N) is 2. The summed E-state index contributed by atoms with van der Waals surface area (Å²) >= 11 is 0. The van der Waals surface area contributed by atoms with E-state index in [1.807, 2.05) is 30.4 Å². The Morgan fingerprint density at radius 1 is 1.28 bits per heavy atom. The average molecular weight is 235 g/mol. The highest BCUT2D eigenvalue weighted by Gasteiger charge is 2.08. The van der Waals surface area contributed by atoms with E-state index < -0.39 is 0 Å². The maximum absolute atomic E-state index is 4.26. The second kappa shape index (κ2) is 4.72. The predicted molar refractivity (Wildman–Crippen MR) is 72.8 cm³/mol. The first kappa shape index (κ1) is 10.5. The summed E-state index contributed by atoms with van der Waals surface area (Å²) < 4.78 is 0. The molecular formula is C15H13N3. The van der Waals surface area contributed by atoms with Gasteiger partial charge in [-0.15, -0.1) is 0 Å². The highest BCUT2D eigenvalue weighted by molar-refractivity contribution is 5.57. The van der Waals surface area contributed by atoms with Crippen molar-refractivity contribution in [2.24, 2.45) is 0 Å². The van der Waals surface area contributed by atoms with E-state index in [4.69, 9.17) is 0 Å². The molecule has 0 unspecified atom stereocenters. The molecule has 0 spiro atoms. The largest absolute Gasteiger partial charge is 0.269 e. The highest BCUT2D eigenvalue weighted by Crippen LogP contribution is 2.16. The number of rotatable bonds is 0. The van der Waals surface area contributed by atoms with Crippen LogP contribution in [-0.2, 0) is 6.42 Å². The number of H-pyrrole nitrogens is 1. The normalized spacial score (nSPS) is 12.4. The Kier molecular flexibility index (Phi) is 2.77. The molecule has 1 N–H and O–H groups in total. The summed E-state index contributed by atoms with van der Waals surface area (Å²) in [6.45, 7) is 0. The minimum Gasteiger partial charge on any atom is -0.269 e. The molecule has 0 fully saturated rings. The molecule has 3 rings (SSSR count). The fraction of sp³-hybridized carbons (Fsp3) is 0.0667. The molecule has 0 saturated heterocycles. The molecule has 0 radical (unpaired) electrons. The fourth-order valence-corrected chi connectivity index (χ4v) is 1.81. The van der Waals surface area contributed by atoms with E-state index >= 15 is 0 Å². The van der Waals surface area contributed by atoms with E-state index in [-0.39, 0.29) is 1.43 Å². The Balaban J connectivity index is 0.00000133. The van der Waals surface area contributed by atoms with E-state index in [9.17, 15) is 0 Å². The van der Waals surface area contributed by atoms with Crippen molar-refractivity contribution >= 4 is 6.08 Å². The van der Waals surface area contributed by atoms with Gasteiger partial charge in [0.25, 0.3) is 0 Å². The van der Waals surface area contributed by atoms with E-state index in [1.54, 1.807) is 12.4 Å². The van der Waals surface area contributed by atoms with Crippen LogP contribution in [0, 0.1) is 11.8 Å². The number of pyridine rings is 1. The van der Waals surface area contributed by atoms with Crippen molar-refractivity contribution in [2.45, 2.75) is 6.42 Å². The standard InChI is InChI=1S/C15H11N3.H2/c1-2-6-13-14(7-3-1)17-18-15(13)9-8-12-5-4-10-16-11-12;/h1-5,7,10-11H,6H2,(H,17,18);1H. The second-order valence-electron chi connectivity index (χ2n) is 3.95. The summed E-state index contributed by atoms with van der Waals surface area (Å²) in [7, 11) is 0. The van der Waals surface area contributed by atoms with Gasteiger partial charge in [0, 0.05) is 24.9 Å². The number of aromatic amines is 1. The Hall–Kier alpha value is -2.60. The van der Waals surface area contributed by atoms with E-state index in [0.29, 0.717) is 0 Å². The number of hydrogen-bond donors (Lipinski definition) is 1. The average Bonchev–Trinajstić information content (AvgIpc) is 2.65. The molecule has 1 aliphatic rings. The third-order valence-electron chi connectivity index (χ3n) is 2.72. The molecule has 0 amide bonds. The lowest BCUT2D eigenvalue weighted by Crippen LogP contribution is -1.86. The predicted octanol–water partition coefficient (Wildman–Crippen LogP) is 2.58. The minimum atomic E-state index is 0. The quantitative estimate of drug-likeness (QED) is 0.713. The van der Waals surface area contributed by atoms with Crippen LogP contribution in [0.3, 0.4) is 0 Å². The summed E-state index contributed by atoms with van der Waals surface area (Å²) in [4.78, 5) is 4.04. The number of aromatic nitrogens is 3. The molecule has 2 aromatic heterocycles. The van der Waals surface area contributed by atoms with Crippen molar-refractivity contribution in [1.29, 1.82) is 0 Å². The second-order valence-corrected chi connectivity index (χ2v) is 3.95. The first-order valence-electron chi connectivity index (χ1n) is 5.76. The molecule has 0 atom stereocenters. The van der Waals surface area contributed by atoms with Crippen molar-refractivity contribution in [3.8, 4) is 11.8 Å². The molecular weight excluding hydrogens is 222 g/mol. The van der Waals surface area contributed by atoms with Gasteiger partial charge in [0.2, 0.25) is 0 Å². The molecule has 2 heterocycles. The van der Waals surface area contributed by atoms with E-state index in [2.05, 4.69) is 33.1 Å². The smallest absolute Gasteiger partial charge is 0.112 e. The van der Waals surface area contributed by atoms with Gasteiger partial charge in [-0.25, -0.2) is 0 Å². The SMILES string of the molecule is C(#Cc1[nH]nc2c1CC=CC=C2)c1cccnc1.[HH]. The van der Waals surface area contributed by atoms with Crippen LogP contribution in [0.1, 0.15) is 23.9 Å². The summed E-state index contributed by atoms with van der Waals surface area (Å²) in [5.74, 6) is 6.21. The third-order valence-corrected chi connectivity index (χ3v) is 2.72. The van der Waals surface area contributed by atoms with Gasteiger partial charge in [-0.05, 0) is 30.6 Å². The number of allylic oxidation sites excluding steroid dienone is 3. The van der Waals surface area contributed by atoms with Crippen molar-refractivity contribution in [1.82, 2.24) is 15.2 Å². The van der Waals surface area contributed by atoms with Crippen LogP contribution >= 0.6 is 0 Å². The molecule has 88 valence electrons. The van der Waals surface area contributed by atoms with Gasteiger partial charge in [0.15, 0.2) is 0 Å². The topological polar surface area (TPSA) is 41.6 Å². The van der Waals surface area contributed by atoms with E-state index in [0.717, 1.165) is 28.9 Å². The first-order valence-corrected chi connectivity index (χ1v) is 5.76. The van der Waals surface area contributed by atoms with Gasteiger partial charge in [0.1, 0.15) is 5.69 Å². The zero-order chi connectivity index (χ0) is 12.2. The molecule has 3 nitrogen and oxygen atoms in total. The Morgan fingerprint density at radius 3 is 3.17 bits per heavy atom. The zero-order valence-corrected chi connectivity index (χ0v) is 9.72. The van der Waals surface area contributed by atoms with Gasteiger partial charge in [0.05, 0.1) is 5.69 Å². The third kappa shape index (κ3) is 2.09. The number of fused-ring (bicyclic) bond motifs is 1. The van der Waals surface area contributed by atoms with Crippen LogP contribution < -0.4 is 0 Å². The minimum absolute atomic E-state index is 0. The monoisotopic (exact) mass is 235 g/mol. The van der Waals surface area contributed by atoms with Crippen LogP contribution in [-0.4, -0.2) is 15.2 Å². The fourth-order valence-electron chi connectivity index (χ4n) is 1.81. The molecule has 0 saturated carbocycles. The highest BCUT2D eigenvalue weighted by atomic mass is 15.1. The van der Waals surface area contributed by atoms with Crippen LogP contribution in [0.4, 0.5) is 0 Å². The van der Waals surface area contributed by atoms with E-state index in [1.165, 1.54) is 0 Å². The maximum Gasteiger partial charge on any atom is 0.112 e. The molecule has 18 heavy (non-hydrogen) atoms. The summed E-state index contributed by atoms with van der Waals surface area (Å²) in [5, 5.41) is 7.24. The Morgan fingerprint density at radius 2 is 2.28 bits per heavy atom. The molecule has 1 aliphatic carbocycles. The summed E-state index contributed by atoms with van der Waals surface area (Å²) in [5.41, 5.74) is 3.90. The van der Waals surface area contributed by atoms with Gasteiger partial charge < -0.3 is 0 Å². The summed E-state index contributed by atoms with van der Waals surface area (Å²) in [6.07, 6.45) is 12.5. The van der Waals surface area contributed by atoms with Gasteiger partial charge in [-0.2, -0.15) is 5.10 Å². The van der Waals surface area contributed by atoms with Crippen LogP contribution in [0.15, 0.2) is 42.8 Å². The lowest BCUT2D eigenvalue weighted by molar-refractivity contribution is 1.07. The molecule has 0 aromatic carbocycles. The molecule has 0 bridgehead atoms. The Bertz CT molecular complexity index is 672. The van der Waals surface area contributed by atoms with Crippen LogP contribution in [0.2, 0.25) is 0 Å². The number of nitrogens with one attached hydrogen (secondary N) is 1. The Labute approximate surface area is 107 Å². The van der Waals surface area contributed by atoms with Crippen molar-refractivity contribution in [2.75, 3.05) is 0 Å². The van der Waals surface area contributed by atoms with Gasteiger partial charge >= 0.3 is 0 Å². The van der Waals surface area contributed by atoms with Gasteiger partial charge in [-0.3, -0.25) is 10.1 Å². The molecule has 3 heteroatoms. The number of hydrogen-bond acceptors (Lipinski definition) is 2. The van der Waals surface area contributed by atoms with Crippen molar-refractivity contribution in [3.05, 3.63) is 65.3 Å². The molecule has 2 aromatic rings. The van der Waals surface area contributed by atoms with Gasteiger partial charge in [-0.1, -0.05) is 24.1 Å². The van der Waals surface area contributed by atoms with Crippen LogP contribution in [0.5, 0.6) is 0 Å². The lowest BCUT2D eigenvalue weighted by atomic mass is 10.1.